The largest absolute Gasteiger partial charge is 0.444 e. The number of hydrogen-bond acceptors (Lipinski definition) is 3. The predicted molar refractivity (Wildman–Crippen MR) is 77.7 cm³/mol. The fraction of sp³-hybridized carbons (Fsp3) is 0.533. The summed E-state index contributed by atoms with van der Waals surface area (Å²) < 4.78 is 5.28. The van der Waals surface area contributed by atoms with Crippen LogP contribution in [0.3, 0.4) is 0 Å². The lowest BCUT2D eigenvalue weighted by Gasteiger charge is -2.27. The maximum absolute atomic E-state index is 11.8. The highest BCUT2D eigenvalue weighted by atomic mass is 16.6. The average molecular weight is 262 g/mol. The second-order valence-corrected chi connectivity index (χ2v) is 6.05. The summed E-state index contributed by atoms with van der Waals surface area (Å²) >= 11 is 0. The molecule has 0 aliphatic carbocycles. The number of aryl methyl sites for hydroxylation is 1. The molecule has 0 saturated heterocycles. The summed E-state index contributed by atoms with van der Waals surface area (Å²) in [6.07, 6.45) is 1.73. The maximum Gasteiger partial charge on any atom is 0.412 e. The Morgan fingerprint density at radius 2 is 2.16 bits per heavy atom. The van der Waals surface area contributed by atoms with Crippen LogP contribution in [-0.2, 0) is 11.2 Å². The van der Waals surface area contributed by atoms with Gasteiger partial charge in [0.25, 0.3) is 0 Å². The van der Waals surface area contributed by atoms with Crippen LogP contribution in [-0.4, -0.2) is 17.7 Å². The standard InChI is InChI=1S/C15H22N2O2/c1-10-8-9-11-6-5-7-12(13(11)16-10)17-14(18)19-15(2,3)4/h5-7,10,16H,8-9H2,1-4H3,(H,17,18). The van der Waals surface area contributed by atoms with Crippen LogP contribution in [0.15, 0.2) is 18.2 Å². The number of ether oxygens (including phenoxy) is 1. The van der Waals surface area contributed by atoms with Crippen molar-refractivity contribution >= 4 is 17.5 Å². The SMILES string of the molecule is CC1CCc2cccc(NC(=O)OC(C)(C)C)c2N1. The monoisotopic (exact) mass is 262 g/mol. The summed E-state index contributed by atoms with van der Waals surface area (Å²) in [5.74, 6) is 0. The smallest absolute Gasteiger partial charge is 0.412 e. The van der Waals surface area contributed by atoms with Crippen molar-refractivity contribution in [3.05, 3.63) is 23.8 Å². The van der Waals surface area contributed by atoms with E-state index in [-0.39, 0.29) is 0 Å². The van der Waals surface area contributed by atoms with Crippen LogP contribution in [0.4, 0.5) is 16.2 Å². The van der Waals surface area contributed by atoms with Crippen molar-refractivity contribution in [2.75, 3.05) is 10.6 Å². The minimum Gasteiger partial charge on any atom is -0.444 e. The van der Waals surface area contributed by atoms with E-state index in [0.717, 1.165) is 24.2 Å². The third-order valence-corrected chi connectivity index (χ3v) is 3.02. The molecule has 2 rings (SSSR count). The molecule has 19 heavy (non-hydrogen) atoms. The number of carbonyl (C=O) groups excluding carboxylic acids is 1. The minimum atomic E-state index is -0.486. The number of hydrogen-bond donors (Lipinski definition) is 2. The molecule has 0 radical (unpaired) electrons. The van der Waals surface area contributed by atoms with Crippen molar-refractivity contribution in [3.63, 3.8) is 0 Å². The van der Waals surface area contributed by atoms with E-state index in [2.05, 4.69) is 23.6 Å². The third kappa shape index (κ3) is 3.63. The third-order valence-electron chi connectivity index (χ3n) is 3.02. The molecule has 0 saturated carbocycles. The van der Waals surface area contributed by atoms with Crippen LogP contribution in [0.2, 0.25) is 0 Å². The van der Waals surface area contributed by atoms with Crippen molar-refractivity contribution in [3.8, 4) is 0 Å². The number of para-hydroxylation sites is 1. The molecule has 0 spiro atoms. The predicted octanol–water partition coefficient (Wildman–Crippen LogP) is 3.78. The van der Waals surface area contributed by atoms with Gasteiger partial charge in [0.1, 0.15) is 5.60 Å². The van der Waals surface area contributed by atoms with E-state index in [0.29, 0.717) is 6.04 Å². The molecule has 1 aliphatic heterocycles. The lowest BCUT2D eigenvalue weighted by molar-refractivity contribution is 0.0636. The summed E-state index contributed by atoms with van der Waals surface area (Å²) in [6.45, 7) is 7.71. The van der Waals surface area contributed by atoms with E-state index >= 15 is 0 Å². The first-order chi connectivity index (χ1) is 8.85. The van der Waals surface area contributed by atoms with Crippen molar-refractivity contribution < 1.29 is 9.53 Å². The van der Waals surface area contributed by atoms with Gasteiger partial charge in [-0.05, 0) is 52.2 Å². The topological polar surface area (TPSA) is 50.4 Å². The zero-order valence-electron chi connectivity index (χ0n) is 12.0. The average Bonchev–Trinajstić information content (AvgIpc) is 2.27. The molecule has 1 atom stereocenters. The first kappa shape index (κ1) is 13.7. The summed E-state index contributed by atoms with van der Waals surface area (Å²) in [5, 5.41) is 6.25. The van der Waals surface area contributed by atoms with Gasteiger partial charge in [-0.25, -0.2) is 4.79 Å². The molecule has 1 aromatic rings. The zero-order chi connectivity index (χ0) is 14.0. The highest BCUT2D eigenvalue weighted by Crippen LogP contribution is 2.32. The van der Waals surface area contributed by atoms with Gasteiger partial charge >= 0.3 is 6.09 Å². The normalized spacial score (nSPS) is 18.2. The number of rotatable bonds is 1. The van der Waals surface area contributed by atoms with Gasteiger partial charge in [0, 0.05) is 6.04 Å². The van der Waals surface area contributed by atoms with E-state index in [1.54, 1.807) is 0 Å². The Bertz CT molecular complexity index is 478. The Morgan fingerprint density at radius 3 is 2.84 bits per heavy atom. The Labute approximate surface area is 114 Å². The Morgan fingerprint density at radius 1 is 1.42 bits per heavy atom. The van der Waals surface area contributed by atoms with E-state index in [1.807, 2.05) is 32.9 Å². The van der Waals surface area contributed by atoms with Gasteiger partial charge in [-0.15, -0.1) is 0 Å². The number of anilines is 2. The first-order valence-corrected chi connectivity index (χ1v) is 6.73. The molecular formula is C15H22N2O2. The second-order valence-electron chi connectivity index (χ2n) is 6.05. The molecule has 0 aromatic heterocycles. The first-order valence-electron chi connectivity index (χ1n) is 6.73. The Kier molecular flexibility index (Phi) is 3.69. The lowest BCUT2D eigenvalue weighted by Crippen LogP contribution is -2.28. The van der Waals surface area contributed by atoms with E-state index < -0.39 is 11.7 Å². The summed E-state index contributed by atoms with van der Waals surface area (Å²) in [7, 11) is 0. The van der Waals surface area contributed by atoms with Gasteiger partial charge in [-0.2, -0.15) is 0 Å². The molecule has 1 unspecified atom stereocenters. The van der Waals surface area contributed by atoms with Crippen LogP contribution in [0, 0.1) is 0 Å². The molecule has 4 heteroatoms. The molecule has 4 nitrogen and oxygen atoms in total. The zero-order valence-corrected chi connectivity index (χ0v) is 12.0. The molecular weight excluding hydrogens is 240 g/mol. The summed E-state index contributed by atoms with van der Waals surface area (Å²) in [5.41, 5.74) is 2.57. The van der Waals surface area contributed by atoms with Crippen molar-refractivity contribution in [1.29, 1.82) is 0 Å². The molecule has 2 N–H and O–H groups in total. The van der Waals surface area contributed by atoms with E-state index in [1.165, 1.54) is 5.56 Å². The van der Waals surface area contributed by atoms with Crippen LogP contribution in [0.1, 0.15) is 39.7 Å². The molecule has 1 aliphatic rings. The lowest BCUT2D eigenvalue weighted by atomic mass is 9.98. The van der Waals surface area contributed by atoms with Gasteiger partial charge < -0.3 is 10.1 Å². The number of fused-ring (bicyclic) bond motifs is 1. The van der Waals surface area contributed by atoms with Crippen molar-refractivity contribution in [2.24, 2.45) is 0 Å². The van der Waals surface area contributed by atoms with Gasteiger partial charge in [0.15, 0.2) is 0 Å². The van der Waals surface area contributed by atoms with Gasteiger partial charge in [-0.3, -0.25) is 5.32 Å². The maximum atomic E-state index is 11.8. The molecule has 0 fully saturated rings. The number of carbonyl (C=O) groups is 1. The summed E-state index contributed by atoms with van der Waals surface area (Å²) in [6, 6.07) is 6.37. The highest BCUT2D eigenvalue weighted by molar-refractivity contribution is 5.90. The number of amides is 1. The van der Waals surface area contributed by atoms with Crippen LogP contribution < -0.4 is 10.6 Å². The van der Waals surface area contributed by atoms with Gasteiger partial charge in [0.2, 0.25) is 0 Å². The molecule has 104 valence electrons. The fourth-order valence-corrected chi connectivity index (χ4v) is 2.19. The van der Waals surface area contributed by atoms with Crippen molar-refractivity contribution in [1.82, 2.24) is 0 Å². The molecule has 1 heterocycles. The summed E-state index contributed by atoms with van der Waals surface area (Å²) in [4.78, 5) is 11.8. The van der Waals surface area contributed by atoms with Gasteiger partial charge in [-0.1, -0.05) is 12.1 Å². The van der Waals surface area contributed by atoms with Crippen LogP contribution >= 0.6 is 0 Å². The second kappa shape index (κ2) is 5.11. The van der Waals surface area contributed by atoms with E-state index in [4.69, 9.17) is 4.74 Å². The highest BCUT2D eigenvalue weighted by Gasteiger charge is 2.20. The molecule has 0 bridgehead atoms. The Hall–Kier alpha value is -1.71. The fourth-order valence-electron chi connectivity index (χ4n) is 2.19. The molecule has 1 amide bonds. The quantitative estimate of drug-likeness (QED) is 0.809. The van der Waals surface area contributed by atoms with Crippen LogP contribution in [0.5, 0.6) is 0 Å². The molecule has 1 aromatic carbocycles. The van der Waals surface area contributed by atoms with Crippen LogP contribution in [0.25, 0.3) is 0 Å². The van der Waals surface area contributed by atoms with Crippen molar-refractivity contribution in [2.45, 2.75) is 52.2 Å². The minimum absolute atomic E-state index is 0.416. The van der Waals surface area contributed by atoms with E-state index in [9.17, 15) is 4.79 Å². The van der Waals surface area contributed by atoms with Gasteiger partial charge in [0.05, 0.1) is 11.4 Å². The Balaban J connectivity index is 2.15. The number of nitrogens with one attached hydrogen (secondary N) is 2. The number of benzene rings is 1.